The molecule has 1 aliphatic rings. The lowest BCUT2D eigenvalue weighted by Gasteiger charge is -2.13. The molecule has 0 bridgehead atoms. The molecule has 1 saturated heterocycles. The van der Waals surface area contributed by atoms with Gasteiger partial charge in [-0.2, -0.15) is 0 Å². The van der Waals surface area contributed by atoms with Gasteiger partial charge in [-0.25, -0.2) is 4.79 Å². The summed E-state index contributed by atoms with van der Waals surface area (Å²) in [6, 6.07) is 16.7. The Balaban J connectivity index is 1.63. The molecule has 0 aliphatic carbocycles. The van der Waals surface area contributed by atoms with Crippen LogP contribution in [-0.4, -0.2) is 29.1 Å². The molecule has 3 aromatic carbocycles. The predicted molar refractivity (Wildman–Crippen MR) is 140 cm³/mol. The molecule has 0 N–H and O–H groups in total. The van der Waals surface area contributed by atoms with Gasteiger partial charge >= 0.3 is 5.97 Å². The maximum atomic E-state index is 13.0. The zero-order chi connectivity index (χ0) is 25.1. The summed E-state index contributed by atoms with van der Waals surface area (Å²) in [5.41, 5.74) is 1.31. The number of ether oxygens (including phenoxy) is 2. The summed E-state index contributed by atoms with van der Waals surface area (Å²) in [6.07, 6.45) is 1.50. The van der Waals surface area contributed by atoms with Gasteiger partial charge in [0.05, 0.1) is 29.1 Å². The van der Waals surface area contributed by atoms with Crippen LogP contribution in [0.25, 0.3) is 6.08 Å². The van der Waals surface area contributed by atoms with Crippen molar-refractivity contribution in [1.82, 2.24) is 4.90 Å². The molecule has 0 aromatic heterocycles. The number of esters is 1. The molecule has 3 aromatic rings. The Kier molecular flexibility index (Phi) is 7.86. The highest BCUT2D eigenvalue weighted by Gasteiger charge is 2.35. The van der Waals surface area contributed by atoms with Crippen LogP contribution in [0.15, 0.2) is 70.0 Å². The minimum Gasteiger partial charge on any atom is -0.493 e. The summed E-state index contributed by atoms with van der Waals surface area (Å²) >= 11 is 16.2. The third kappa shape index (κ3) is 5.73. The molecule has 0 atom stereocenters. The zero-order valence-electron chi connectivity index (χ0n) is 18.1. The van der Waals surface area contributed by atoms with Crippen LogP contribution < -0.4 is 9.47 Å². The average molecular weight is 593 g/mol. The van der Waals surface area contributed by atoms with E-state index in [1.165, 1.54) is 36.3 Å². The van der Waals surface area contributed by atoms with E-state index in [2.05, 4.69) is 15.9 Å². The van der Waals surface area contributed by atoms with E-state index in [0.717, 1.165) is 21.8 Å². The van der Waals surface area contributed by atoms with E-state index < -0.39 is 17.1 Å². The van der Waals surface area contributed by atoms with E-state index in [4.69, 9.17) is 32.7 Å². The van der Waals surface area contributed by atoms with Crippen LogP contribution >= 0.6 is 50.9 Å². The van der Waals surface area contributed by atoms with Crippen LogP contribution in [0.5, 0.6) is 11.5 Å². The molecular weight excluding hydrogens is 577 g/mol. The monoisotopic (exact) mass is 591 g/mol. The van der Waals surface area contributed by atoms with Gasteiger partial charge in [-0.3, -0.25) is 14.5 Å². The number of thioether (sulfide) groups is 1. The average Bonchev–Trinajstić information content (AvgIpc) is 3.08. The van der Waals surface area contributed by atoms with Crippen LogP contribution in [0.2, 0.25) is 10.0 Å². The molecule has 2 amide bonds. The first-order valence-corrected chi connectivity index (χ1v) is 12.5. The standard InChI is InChI=1S/C25H16BrCl2NO5S/c1-33-20-4-2-3-15(22(20)34-24(31)18-10-9-17(27)12-19(18)28)11-21-23(30)29(25(32)35-21)13-14-5-7-16(26)8-6-14/h2-12H,13H2,1H3/b21-11-. The van der Waals surface area contributed by atoms with Crippen molar-refractivity contribution in [3.63, 3.8) is 0 Å². The number of para-hydroxylation sites is 1. The fourth-order valence-electron chi connectivity index (χ4n) is 3.27. The van der Waals surface area contributed by atoms with Crippen LogP contribution in [0.3, 0.4) is 0 Å². The molecule has 0 radical (unpaired) electrons. The van der Waals surface area contributed by atoms with Gasteiger partial charge in [0.1, 0.15) is 0 Å². The van der Waals surface area contributed by atoms with E-state index >= 15 is 0 Å². The number of methoxy groups -OCH3 is 1. The van der Waals surface area contributed by atoms with Crippen molar-refractivity contribution in [3.8, 4) is 11.5 Å². The van der Waals surface area contributed by atoms with Crippen molar-refractivity contribution in [3.05, 3.63) is 96.8 Å². The Morgan fingerprint density at radius 2 is 1.83 bits per heavy atom. The molecule has 1 fully saturated rings. The van der Waals surface area contributed by atoms with Gasteiger partial charge in [0.2, 0.25) is 0 Å². The Labute approximate surface area is 223 Å². The first-order valence-electron chi connectivity index (χ1n) is 10.1. The molecule has 0 unspecified atom stereocenters. The van der Waals surface area contributed by atoms with E-state index in [9.17, 15) is 14.4 Å². The molecule has 35 heavy (non-hydrogen) atoms. The molecule has 6 nitrogen and oxygen atoms in total. The van der Waals surface area contributed by atoms with Crippen LogP contribution in [0.4, 0.5) is 4.79 Å². The lowest BCUT2D eigenvalue weighted by molar-refractivity contribution is -0.123. The molecule has 4 rings (SSSR count). The Hall–Kier alpha value is -2.78. The van der Waals surface area contributed by atoms with Gasteiger partial charge in [-0.15, -0.1) is 0 Å². The summed E-state index contributed by atoms with van der Waals surface area (Å²) in [7, 11) is 1.43. The van der Waals surface area contributed by atoms with Crippen molar-refractivity contribution in [2.45, 2.75) is 6.54 Å². The summed E-state index contributed by atoms with van der Waals surface area (Å²) < 4.78 is 11.9. The van der Waals surface area contributed by atoms with Gasteiger partial charge in [-0.05, 0) is 59.8 Å². The Bertz CT molecular complexity index is 1360. The first kappa shape index (κ1) is 25.3. The Morgan fingerprint density at radius 3 is 2.51 bits per heavy atom. The molecular formula is C25H16BrCl2NO5S. The van der Waals surface area contributed by atoms with Gasteiger partial charge in [0.25, 0.3) is 11.1 Å². The third-order valence-electron chi connectivity index (χ3n) is 4.99. The van der Waals surface area contributed by atoms with Crippen molar-refractivity contribution < 1.29 is 23.9 Å². The fraction of sp³-hybridized carbons (Fsp3) is 0.0800. The highest BCUT2D eigenvalue weighted by molar-refractivity contribution is 9.10. The number of hydrogen-bond donors (Lipinski definition) is 0. The topological polar surface area (TPSA) is 72.9 Å². The number of imide groups is 1. The van der Waals surface area contributed by atoms with Crippen molar-refractivity contribution in [2.24, 2.45) is 0 Å². The van der Waals surface area contributed by atoms with E-state index in [-0.39, 0.29) is 33.5 Å². The molecule has 0 saturated carbocycles. The second-order valence-electron chi connectivity index (χ2n) is 7.29. The molecule has 10 heteroatoms. The van der Waals surface area contributed by atoms with Gasteiger partial charge in [0.15, 0.2) is 11.5 Å². The van der Waals surface area contributed by atoms with Crippen molar-refractivity contribution in [1.29, 1.82) is 0 Å². The van der Waals surface area contributed by atoms with Crippen molar-refractivity contribution in [2.75, 3.05) is 7.11 Å². The SMILES string of the molecule is COc1cccc(/C=C2\SC(=O)N(Cc3ccc(Br)cc3)C2=O)c1OC(=O)c1ccc(Cl)cc1Cl. The van der Waals surface area contributed by atoms with Gasteiger partial charge in [0, 0.05) is 15.1 Å². The van der Waals surface area contributed by atoms with E-state index in [0.29, 0.717) is 10.6 Å². The number of rotatable bonds is 6. The molecule has 178 valence electrons. The van der Waals surface area contributed by atoms with Crippen LogP contribution in [0.1, 0.15) is 21.5 Å². The minimum atomic E-state index is -0.728. The van der Waals surface area contributed by atoms with Gasteiger partial charge < -0.3 is 9.47 Å². The summed E-state index contributed by atoms with van der Waals surface area (Å²) in [4.78, 5) is 39.8. The second kappa shape index (κ2) is 10.9. The van der Waals surface area contributed by atoms with Crippen molar-refractivity contribution >= 4 is 74.1 Å². The fourth-order valence-corrected chi connectivity index (χ4v) is 4.85. The number of hydrogen-bond acceptors (Lipinski definition) is 6. The smallest absolute Gasteiger partial charge is 0.345 e. The largest absolute Gasteiger partial charge is 0.493 e. The molecule has 0 spiro atoms. The number of amides is 2. The highest BCUT2D eigenvalue weighted by Crippen LogP contribution is 2.38. The number of benzene rings is 3. The number of nitrogens with zero attached hydrogens (tertiary/aromatic N) is 1. The number of halogens is 3. The summed E-state index contributed by atoms with van der Waals surface area (Å²) in [6.45, 7) is 0.143. The quantitative estimate of drug-likeness (QED) is 0.171. The van der Waals surface area contributed by atoms with Crippen LogP contribution in [-0.2, 0) is 11.3 Å². The van der Waals surface area contributed by atoms with E-state index in [1.807, 2.05) is 24.3 Å². The minimum absolute atomic E-state index is 0.0886. The van der Waals surface area contributed by atoms with Crippen LogP contribution in [0, 0.1) is 0 Å². The maximum Gasteiger partial charge on any atom is 0.345 e. The summed E-state index contributed by atoms with van der Waals surface area (Å²) in [5.74, 6) is -0.810. The third-order valence-corrected chi connectivity index (χ3v) is 6.97. The van der Waals surface area contributed by atoms with E-state index in [1.54, 1.807) is 18.2 Å². The number of carbonyl (C=O) groups excluding carboxylic acids is 3. The first-order chi connectivity index (χ1) is 16.8. The summed E-state index contributed by atoms with van der Waals surface area (Å²) in [5, 5.41) is 0.120. The van der Waals surface area contributed by atoms with Gasteiger partial charge in [-0.1, -0.05) is 63.4 Å². The lowest BCUT2D eigenvalue weighted by Crippen LogP contribution is -2.27. The highest BCUT2D eigenvalue weighted by atomic mass is 79.9. The molecule has 1 aliphatic heterocycles. The lowest BCUT2D eigenvalue weighted by atomic mass is 10.1. The number of carbonyl (C=O) groups is 3. The normalized spacial score (nSPS) is 14.5. The Morgan fingerprint density at radius 1 is 1.09 bits per heavy atom. The molecule has 1 heterocycles. The maximum absolute atomic E-state index is 13.0. The zero-order valence-corrected chi connectivity index (χ0v) is 22.0. The second-order valence-corrected chi connectivity index (χ2v) is 10.0. The predicted octanol–water partition coefficient (Wildman–Crippen LogP) is 7.22.